The van der Waals surface area contributed by atoms with Gasteiger partial charge in [-0.2, -0.15) is 5.10 Å². The van der Waals surface area contributed by atoms with E-state index in [4.69, 9.17) is 23.7 Å². The molecule has 0 radical (unpaired) electrons. The van der Waals surface area contributed by atoms with Gasteiger partial charge in [0.1, 0.15) is 5.75 Å². The monoisotopic (exact) mass is 676 g/mol. The molecular formula is C29H30Br2N2O7. The van der Waals surface area contributed by atoms with Gasteiger partial charge in [0, 0.05) is 10.0 Å². The predicted molar refractivity (Wildman–Crippen MR) is 159 cm³/mol. The lowest BCUT2D eigenvalue weighted by atomic mass is 10.0. The van der Waals surface area contributed by atoms with Crippen molar-refractivity contribution in [2.24, 2.45) is 5.10 Å². The second-order valence-corrected chi connectivity index (χ2v) is 10.7. The minimum atomic E-state index is -0.673. The average molecular weight is 678 g/mol. The van der Waals surface area contributed by atoms with E-state index >= 15 is 0 Å². The second kappa shape index (κ2) is 14.2. The quantitative estimate of drug-likeness (QED) is 0.108. The number of halogens is 2. The summed E-state index contributed by atoms with van der Waals surface area (Å²) >= 11 is 6.85. The maximum absolute atomic E-state index is 13.1. The van der Waals surface area contributed by atoms with Crippen LogP contribution < -0.4 is 29.1 Å². The van der Waals surface area contributed by atoms with Gasteiger partial charge in [-0.05, 0) is 70.2 Å². The van der Waals surface area contributed by atoms with E-state index in [1.54, 1.807) is 12.1 Å². The Hall–Kier alpha value is -3.57. The molecule has 0 saturated heterocycles. The number of esters is 1. The first kappa shape index (κ1) is 31.0. The molecule has 11 heteroatoms. The fraction of sp³-hybridized carbons (Fsp3) is 0.276. The molecule has 40 heavy (non-hydrogen) atoms. The van der Waals surface area contributed by atoms with Crippen LogP contribution in [0.3, 0.4) is 0 Å². The molecule has 0 bridgehead atoms. The third kappa shape index (κ3) is 7.76. The van der Waals surface area contributed by atoms with Crippen molar-refractivity contribution in [2.75, 3.05) is 27.9 Å². The maximum Gasteiger partial charge on any atom is 0.343 e. The Morgan fingerprint density at radius 3 is 2.20 bits per heavy atom. The number of carbonyl (C=O) groups is 2. The number of hydrogen-bond acceptors (Lipinski definition) is 8. The van der Waals surface area contributed by atoms with Crippen LogP contribution >= 0.6 is 31.9 Å². The molecule has 0 aromatic heterocycles. The molecule has 0 saturated carbocycles. The lowest BCUT2D eigenvalue weighted by molar-refractivity contribution is -0.123. The van der Waals surface area contributed by atoms with Gasteiger partial charge in [0.25, 0.3) is 5.91 Å². The molecule has 0 aliphatic rings. The van der Waals surface area contributed by atoms with Crippen LogP contribution in [0.4, 0.5) is 0 Å². The number of benzene rings is 3. The van der Waals surface area contributed by atoms with Crippen molar-refractivity contribution in [1.29, 1.82) is 0 Å². The Bertz CT molecular complexity index is 1400. The molecule has 212 valence electrons. The number of amides is 1. The fourth-order valence-corrected chi connectivity index (χ4v) is 5.07. The second-order valence-electron chi connectivity index (χ2n) is 8.89. The Morgan fingerprint density at radius 2 is 1.60 bits per heavy atom. The van der Waals surface area contributed by atoms with Crippen LogP contribution in [-0.4, -0.2) is 46.0 Å². The minimum absolute atomic E-state index is 0.176. The summed E-state index contributed by atoms with van der Waals surface area (Å²) in [5, 5.41) is 4.04. The molecule has 1 amide bonds. The number of aryl methyl sites for hydroxylation is 1. The Balaban J connectivity index is 1.76. The zero-order valence-electron chi connectivity index (χ0n) is 23.0. The van der Waals surface area contributed by atoms with Crippen molar-refractivity contribution in [3.05, 3.63) is 73.7 Å². The van der Waals surface area contributed by atoms with Gasteiger partial charge in [0.15, 0.2) is 23.9 Å². The van der Waals surface area contributed by atoms with E-state index in [1.165, 1.54) is 39.7 Å². The standard InChI is InChI=1S/C29H30Br2N2O7/c1-16(2)21-8-7-17(3)9-23(21)39-15-26(34)33-32-14-19-10-20(30)13-22(31)27(19)40-29(35)18-11-24(36-4)28(38-6)25(12-18)37-5/h7-14,16H,15H2,1-6H3,(H,33,34)/b32-14-. The van der Waals surface area contributed by atoms with E-state index < -0.39 is 11.9 Å². The molecule has 0 aliphatic carbocycles. The minimum Gasteiger partial charge on any atom is -0.493 e. The van der Waals surface area contributed by atoms with Crippen molar-refractivity contribution in [2.45, 2.75) is 26.7 Å². The topological polar surface area (TPSA) is 105 Å². The van der Waals surface area contributed by atoms with Crippen molar-refractivity contribution < 1.29 is 33.3 Å². The van der Waals surface area contributed by atoms with Crippen LogP contribution in [0, 0.1) is 6.92 Å². The Kier molecular flexibility index (Phi) is 11.0. The molecule has 0 fully saturated rings. The van der Waals surface area contributed by atoms with Crippen LogP contribution in [0.15, 0.2) is 56.5 Å². The molecule has 3 aromatic carbocycles. The molecule has 0 atom stereocenters. The normalized spacial score (nSPS) is 10.9. The fourth-order valence-electron chi connectivity index (χ4n) is 3.73. The summed E-state index contributed by atoms with van der Waals surface area (Å²) in [6.45, 7) is 5.86. The first-order valence-corrected chi connectivity index (χ1v) is 13.7. The van der Waals surface area contributed by atoms with Crippen molar-refractivity contribution >= 4 is 50.0 Å². The summed E-state index contributed by atoms with van der Waals surface area (Å²) in [6, 6.07) is 12.3. The first-order valence-electron chi connectivity index (χ1n) is 12.1. The summed E-state index contributed by atoms with van der Waals surface area (Å²) in [7, 11) is 4.38. The van der Waals surface area contributed by atoms with Gasteiger partial charge in [-0.15, -0.1) is 0 Å². The first-order chi connectivity index (χ1) is 19.1. The Morgan fingerprint density at radius 1 is 0.925 bits per heavy atom. The molecule has 1 N–H and O–H groups in total. The average Bonchev–Trinajstić information content (AvgIpc) is 2.92. The van der Waals surface area contributed by atoms with E-state index in [9.17, 15) is 9.59 Å². The number of nitrogens with zero attached hydrogens (tertiary/aromatic N) is 1. The zero-order valence-corrected chi connectivity index (χ0v) is 26.1. The van der Waals surface area contributed by atoms with Crippen LogP contribution in [0.25, 0.3) is 0 Å². The number of nitrogens with one attached hydrogen (secondary N) is 1. The van der Waals surface area contributed by atoms with Crippen molar-refractivity contribution in [1.82, 2.24) is 5.43 Å². The predicted octanol–water partition coefficient (Wildman–Crippen LogP) is 6.42. The number of hydrogen-bond donors (Lipinski definition) is 1. The molecule has 9 nitrogen and oxygen atoms in total. The maximum atomic E-state index is 13.1. The highest BCUT2D eigenvalue weighted by Gasteiger charge is 2.21. The lowest BCUT2D eigenvalue weighted by Crippen LogP contribution is -2.25. The number of methoxy groups -OCH3 is 3. The van der Waals surface area contributed by atoms with E-state index in [0.717, 1.165) is 11.1 Å². The highest BCUT2D eigenvalue weighted by molar-refractivity contribution is 9.11. The van der Waals surface area contributed by atoms with Gasteiger partial charge < -0.3 is 23.7 Å². The third-order valence-corrected chi connectivity index (χ3v) is 6.72. The van der Waals surface area contributed by atoms with Crippen LogP contribution in [0.2, 0.25) is 0 Å². The number of carbonyl (C=O) groups excluding carboxylic acids is 2. The van der Waals surface area contributed by atoms with Crippen molar-refractivity contribution in [3.8, 4) is 28.7 Å². The van der Waals surface area contributed by atoms with Crippen LogP contribution in [-0.2, 0) is 4.79 Å². The third-order valence-electron chi connectivity index (χ3n) is 5.68. The molecule has 3 aromatic rings. The molecule has 0 spiro atoms. The van der Waals surface area contributed by atoms with Crippen LogP contribution in [0.5, 0.6) is 28.7 Å². The number of hydrazone groups is 1. The molecule has 0 unspecified atom stereocenters. The molecule has 0 heterocycles. The number of rotatable bonds is 11. The number of ether oxygens (including phenoxy) is 5. The van der Waals surface area contributed by atoms with Crippen LogP contribution in [0.1, 0.15) is 46.8 Å². The van der Waals surface area contributed by atoms with E-state index in [-0.39, 0.29) is 23.8 Å². The zero-order chi connectivity index (χ0) is 29.4. The summed E-state index contributed by atoms with van der Waals surface area (Å²) in [5.41, 5.74) is 5.09. The van der Waals surface area contributed by atoms with E-state index in [0.29, 0.717) is 37.5 Å². The van der Waals surface area contributed by atoms with Gasteiger partial charge in [-0.1, -0.05) is 41.9 Å². The summed E-state index contributed by atoms with van der Waals surface area (Å²) in [5.74, 6) is 0.937. The van der Waals surface area contributed by atoms with Gasteiger partial charge in [-0.3, -0.25) is 4.79 Å². The lowest BCUT2D eigenvalue weighted by Gasteiger charge is -2.15. The Labute approximate surface area is 250 Å². The summed E-state index contributed by atoms with van der Waals surface area (Å²) < 4.78 is 28.6. The van der Waals surface area contributed by atoms with Gasteiger partial charge in [0.2, 0.25) is 5.75 Å². The molecule has 0 aliphatic heterocycles. The van der Waals surface area contributed by atoms with Crippen molar-refractivity contribution in [3.63, 3.8) is 0 Å². The largest absolute Gasteiger partial charge is 0.493 e. The highest BCUT2D eigenvalue weighted by Crippen LogP contribution is 2.39. The highest BCUT2D eigenvalue weighted by atomic mass is 79.9. The molecular weight excluding hydrogens is 648 g/mol. The summed E-state index contributed by atoms with van der Waals surface area (Å²) in [6.07, 6.45) is 1.37. The SMILES string of the molecule is COc1cc(C(=O)Oc2c(Br)cc(Br)cc2/C=N\NC(=O)COc2cc(C)ccc2C(C)C)cc(OC)c1OC. The smallest absolute Gasteiger partial charge is 0.343 e. The van der Waals surface area contributed by atoms with E-state index in [2.05, 4.69) is 56.2 Å². The van der Waals surface area contributed by atoms with Gasteiger partial charge >= 0.3 is 5.97 Å². The van der Waals surface area contributed by atoms with E-state index in [1.807, 2.05) is 25.1 Å². The van der Waals surface area contributed by atoms with Gasteiger partial charge in [-0.25, -0.2) is 10.2 Å². The van der Waals surface area contributed by atoms with Gasteiger partial charge in [0.05, 0.1) is 37.6 Å². The molecule has 3 rings (SSSR count). The summed E-state index contributed by atoms with van der Waals surface area (Å²) in [4.78, 5) is 25.5.